The molecule has 0 bridgehead atoms. The molecule has 3 atom stereocenters. The SMILES string of the molecule is COc1ccc(C(F)F)c(F)c1-c1nc(C(=O)Nc2cnn(C)c2[C@@H]2CC[C@@H](N)[C@H](F)CO2)cs1. The summed E-state index contributed by atoms with van der Waals surface area (Å²) < 4.78 is 67.4. The number of halogens is 4. The number of rotatable bonds is 6. The number of anilines is 1. The van der Waals surface area contributed by atoms with E-state index in [1.165, 1.54) is 29.4 Å². The van der Waals surface area contributed by atoms with Gasteiger partial charge in [0.05, 0.1) is 42.4 Å². The van der Waals surface area contributed by atoms with E-state index in [0.717, 1.165) is 17.4 Å². The molecule has 3 heterocycles. The molecule has 8 nitrogen and oxygen atoms in total. The topological polar surface area (TPSA) is 104 Å². The lowest BCUT2D eigenvalue weighted by Crippen LogP contribution is -2.32. The Hall–Kier alpha value is -3.03. The zero-order valence-electron chi connectivity index (χ0n) is 18.8. The summed E-state index contributed by atoms with van der Waals surface area (Å²) >= 11 is 0.908. The number of alkyl halides is 3. The van der Waals surface area contributed by atoms with E-state index >= 15 is 0 Å². The first kappa shape index (κ1) is 25.1. The molecule has 188 valence electrons. The van der Waals surface area contributed by atoms with Crippen molar-refractivity contribution in [1.29, 1.82) is 0 Å². The minimum absolute atomic E-state index is 0.00786. The summed E-state index contributed by atoms with van der Waals surface area (Å²) in [5, 5.41) is 8.25. The molecule has 0 radical (unpaired) electrons. The van der Waals surface area contributed by atoms with Gasteiger partial charge in [0.1, 0.15) is 34.5 Å². The first-order valence-electron chi connectivity index (χ1n) is 10.7. The minimum atomic E-state index is -3.03. The molecule has 0 unspecified atom stereocenters. The van der Waals surface area contributed by atoms with Gasteiger partial charge in [0, 0.05) is 18.5 Å². The van der Waals surface area contributed by atoms with Crippen molar-refractivity contribution in [2.45, 2.75) is 37.6 Å². The van der Waals surface area contributed by atoms with E-state index in [1.807, 2.05) is 0 Å². The van der Waals surface area contributed by atoms with Crippen LogP contribution < -0.4 is 15.8 Å². The van der Waals surface area contributed by atoms with Crippen LogP contribution >= 0.6 is 11.3 Å². The molecule has 13 heteroatoms. The third-order valence-corrected chi connectivity index (χ3v) is 6.62. The van der Waals surface area contributed by atoms with Crippen molar-refractivity contribution in [3.8, 4) is 16.3 Å². The van der Waals surface area contributed by atoms with E-state index in [1.54, 1.807) is 7.05 Å². The maximum absolute atomic E-state index is 14.8. The Kier molecular flexibility index (Phi) is 7.38. The van der Waals surface area contributed by atoms with Gasteiger partial charge in [0.25, 0.3) is 12.3 Å². The molecular formula is C22H23F4N5O3S. The Morgan fingerprint density at radius 3 is 2.86 bits per heavy atom. The molecular weight excluding hydrogens is 490 g/mol. The van der Waals surface area contributed by atoms with Crippen LogP contribution in [0.2, 0.25) is 0 Å². The van der Waals surface area contributed by atoms with Crippen molar-refractivity contribution in [3.05, 3.63) is 46.5 Å². The summed E-state index contributed by atoms with van der Waals surface area (Å²) in [7, 11) is 2.94. The monoisotopic (exact) mass is 513 g/mol. The van der Waals surface area contributed by atoms with Gasteiger partial charge in [-0.1, -0.05) is 0 Å². The van der Waals surface area contributed by atoms with Gasteiger partial charge in [-0.15, -0.1) is 11.3 Å². The zero-order valence-corrected chi connectivity index (χ0v) is 19.6. The summed E-state index contributed by atoms with van der Waals surface area (Å²) in [4.78, 5) is 17.1. The second kappa shape index (κ2) is 10.3. The Labute approximate surface area is 202 Å². The van der Waals surface area contributed by atoms with E-state index in [9.17, 15) is 22.4 Å². The molecule has 0 aliphatic carbocycles. The van der Waals surface area contributed by atoms with Gasteiger partial charge < -0.3 is 20.5 Å². The van der Waals surface area contributed by atoms with Crippen LogP contribution in [0.3, 0.4) is 0 Å². The smallest absolute Gasteiger partial charge is 0.275 e. The van der Waals surface area contributed by atoms with Gasteiger partial charge in [-0.05, 0) is 25.0 Å². The van der Waals surface area contributed by atoms with Gasteiger partial charge in [-0.2, -0.15) is 5.10 Å². The van der Waals surface area contributed by atoms with E-state index in [-0.39, 0.29) is 28.6 Å². The van der Waals surface area contributed by atoms with E-state index in [4.69, 9.17) is 15.2 Å². The zero-order chi connectivity index (χ0) is 25.3. The quantitative estimate of drug-likeness (QED) is 0.474. The number of thiazole rings is 1. The van der Waals surface area contributed by atoms with Gasteiger partial charge in [0.15, 0.2) is 0 Å². The lowest BCUT2D eigenvalue weighted by molar-refractivity contribution is 0.0247. The minimum Gasteiger partial charge on any atom is -0.496 e. The van der Waals surface area contributed by atoms with Crippen molar-refractivity contribution in [2.75, 3.05) is 19.0 Å². The average molecular weight is 514 g/mol. The molecule has 2 aromatic heterocycles. The first-order chi connectivity index (χ1) is 16.7. The summed E-state index contributed by atoms with van der Waals surface area (Å²) in [6.45, 7) is -0.176. The number of hydrogen-bond donors (Lipinski definition) is 2. The largest absolute Gasteiger partial charge is 0.496 e. The van der Waals surface area contributed by atoms with Gasteiger partial charge in [-0.3, -0.25) is 9.48 Å². The molecule has 0 saturated carbocycles. The number of amides is 1. The number of carbonyl (C=O) groups is 1. The number of nitrogens with zero attached hydrogens (tertiary/aromatic N) is 3. The molecule has 0 spiro atoms. The fourth-order valence-corrected chi connectivity index (χ4v) is 4.71. The Morgan fingerprint density at radius 1 is 1.37 bits per heavy atom. The summed E-state index contributed by atoms with van der Waals surface area (Å²) in [5.41, 5.74) is 5.58. The van der Waals surface area contributed by atoms with Crippen molar-refractivity contribution in [3.63, 3.8) is 0 Å². The van der Waals surface area contributed by atoms with E-state index in [0.29, 0.717) is 24.2 Å². The second-order valence-electron chi connectivity index (χ2n) is 7.99. The molecule has 1 amide bonds. The third kappa shape index (κ3) is 5.02. The normalized spacial score (nSPS) is 20.6. The Balaban J connectivity index is 1.59. The highest BCUT2D eigenvalue weighted by molar-refractivity contribution is 7.13. The average Bonchev–Trinajstić information content (AvgIpc) is 3.41. The lowest BCUT2D eigenvalue weighted by Gasteiger charge is -2.17. The van der Waals surface area contributed by atoms with Crippen LogP contribution in [-0.4, -0.2) is 46.6 Å². The number of methoxy groups -OCH3 is 1. The highest BCUT2D eigenvalue weighted by atomic mass is 32.1. The standard InChI is InChI=1S/C22H23F4N5O3S/c1-31-19(16-6-4-12(27)11(23)8-34-16)13(7-28-31)29-21(32)14-9-35-22(30-14)17-15(33-2)5-3-10(18(17)24)20(25)26/h3,5,7,9,11-12,16,20H,4,6,8,27H2,1-2H3,(H,29,32)/t11-,12-,16+/m1/s1. The maximum Gasteiger partial charge on any atom is 0.275 e. The molecule has 3 N–H and O–H groups in total. The Bertz CT molecular complexity index is 1210. The predicted molar refractivity (Wildman–Crippen MR) is 121 cm³/mol. The molecule has 1 aliphatic rings. The highest BCUT2D eigenvalue weighted by Crippen LogP contribution is 2.39. The number of aromatic nitrogens is 3. The Morgan fingerprint density at radius 2 is 2.14 bits per heavy atom. The number of carbonyl (C=O) groups excluding carboxylic acids is 1. The molecule has 3 aromatic rings. The fourth-order valence-electron chi connectivity index (χ4n) is 3.87. The molecule has 1 saturated heterocycles. The van der Waals surface area contributed by atoms with Crippen LogP contribution in [0.1, 0.15) is 47.1 Å². The predicted octanol–water partition coefficient (Wildman–Crippen LogP) is 4.40. The number of ether oxygens (including phenoxy) is 2. The molecule has 1 fully saturated rings. The fraction of sp³-hybridized carbons (Fsp3) is 0.409. The lowest BCUT2D eigenvalue weighted by atomic mass is 10.0. The number of benzene rings is 1. The van der Waals surface area contributed by atoms with Gasteiger partial charge in [0.2, 0.25) is 0 Å². The summed E-state index contributed by atoms with van der Waals surface area (Å²) in [5.74, 6) is -1.78. The number of aryl methyl sites for hydroxylation is 1. The third-order valence-electron chi connectivity index (χ3n) is 5.76. The summed E-state index contributed by atoms with van der Waals surface area (Å²) in [6.07, 6.45) is -2.60. The van der Waals surface area contributed by atoms with E-state index < -0.39 is 42.0 Å². The van der Waals surface area contributed by atoms with Crippen molar-refractivity contribution < 1.29 is 31.8 Å². The van der Waals surface area contributed by atoms with E-state index in [2.05, 4.69) is 15.4 Å². The molecule has 1 aromatic carbocycles. The van der Waals surface area contributed by atoms with Gasteiger partial charge >= 0.3 is 0 Å². The highest BCUT2D eigenvalue weighted by Gasteiger charge is 2.30. The number of nitrogens with two attached hydrogens (primary N) is 1. The molecule has 4 rings (SSSR count). The van der Waals surface area contributed by atoms with Crippen LogP contribution in [0.4, 0.5) is 23.2 Å². The molecule has 1 aliphatic heterocycles. The van der Waals surface area contributed by atoms with Crippen LogP contribution in [0.5, 0.6) is 5.75 Å². The van der Waals surface area contributed by atoms with Crippen molar-refractivity contribution >= 4 is 22.9 Å². The van der Waals surface area contributed by atoms with Crippen LogP contribution in [0, 0.1) is 5.82 Å². The van der Waals surface area contributed by atoms with Crippen molar-refractivity contribution in [1.82, 2.24) is 14.8 Å². The van der Waals surface area contributed by atoms with Gasteiger partial charge in [-0.25, -0.2) is 22.5 Å². The molecule has 35 heavy (non-hydrogen) atoms. The number of nitrogens with one attached hydrogen (secondary N) is 1. The first-order valence-corrected chi connectivity index (χ1v) is 11.5. The van der Waals surface area contributed by atoms with Crippen LogP contribution in [0.15, 0.2) is 23.7 Å². The van der Waals surface area contributed by atoms with Crippen LogP contribution in [0.25, 0.3) is 10.6 Å². The maximum atomic E-state index is 14.8. The number of hydrogen-bond acceptors (Lipinski definition) is 7. The summed E-state index contributed by atoms with van der Waals surface area (Å²) in [6, 6.07) is 1.53. The van der Waals surface area contributed by atoms with Crippen molar-refractivity contribution in [2.24, 2.45) is 12.8 Å². The second-order valence-corrected chi connectivity index (χ2v) is 8.84. The van der Waals surface area contributed by atoms with Crippen LogP contribution in [-0.2, 0) is 11.8 Å².